The standard InChI is InChI=1S/C20H23N3O2S/c1-12-4-6-15(7-5-12)16-11-26-20-18(16)19(24)21-17(22-20)10-23-8-13(2)25-14(3)9-23/h4-7,11,13-14H,8-10H2,1-3H3,(H,21,22,24)/t13-,14-/m1/s1. The number of aromatic nitrogens is 2. The minimum absolute atomic E-state index is 0.0591. The Morgan fingerprint density at radius 3 is 2.62 bits per heavy atom. The van der Waals surface area contributed by atoms with Gasteiger partial charge in [-0.05, 0) is 26.3 Å². The number of fused-ring (bicyclic) bond motifs is 1. The number of H-pyrrole nitrogens is 1. The molecule has 1 N–H and O–H groups in total. The Bertz CT molecular complexity index is 967. The first-order valence-corrected chi connectivity index (χ1v) is 9.83. The van der Waals surface area contributed by atoms with Crippen LogP contribution in [0.25, 0.3) is 21.3 Å². The van der Waals surface area contributed by atoms with E-state index in [9.17, 15) is 4.79 Å². The summed E-state index contributed by atoms with van der Waals surface area (Å²) in [6.45, 7) is 8.56. The van der Waals surface area contributed by atoms with E-state index >= 15 is 0 Å². The lowest BCUT2D eigenvalue weighted by Gasteiger charge is -2.34. The average Bonchev–Trinajstić information content (AvgIpc) is 2.99. The molecule has 6 heteroatoms. The third-order valence-electron chi connectivity index (χ3n) is 4.72. The highest BCUT2D eigenvalue weighted by Crippen LogP contribution is 2.31. The molecule has 0 amide bonds. The van der Waals surface area contributed by atoms with Gasteiger partial charge in [0.15, 0.2) is 0 Å². The first-order valence-electron chi connectivity index (χ1n) is 8.95. The number of rotatable bonds is 3. The van der Waals surface area contributed by atoms with Gasteiger partial charge in [-0.3, -0.25) is 9.69 Å². The molecule has 1 aromatic carbocycles. The molecule has 5 nitrogen and oxygen atoms in total. The SMILES string of the molecule is Cc1ccc(-c2csc3nc(CN4C[C@@H](C)O[C@H](C)C4)[nH]c(=O)c23)cc1. The van der Waals surface area contributed by atoms with Crippen molar-refractivity contribution in [3.8, 4) is 11.1 Å². The molecule has 0 unspecified atom stereocenters. The van der Waals surface area contributed by atoms with Gasteiger partial charge in [0.1, 0.15) is 10.7 Å². The van der Waals surface area contributed by atoms with Gasteiger partial charge in [0.25, 0.3) is 5.56 Å². The molecular weight excluding hydrogens is 346 g/mol. The van der Waals surface area contributed by atoms with Crippen LogP contribution in [0.2, 0.25) is 0 Å². The summed E-state index contributed by atoms with van der Waals surface area (Å²) in [4.78, 5) is 23.6. The van der Waals surface area contributed by atoms with Gasteiger partial charge in [-0.25, -0.2) is 4.98 Å². The zero-order chi connectivity index (χ0) is 18.3. The Morgan fingerprint density at radius 2 is 1.92 bits per heavy atom. The normalized spacial score (nSPS) is 21.3. The van der Waals surface area contributed by atoms with Crippen LogP contribution >= 0.6 is 11.3 Å². The van der Waals surface area contributed by atoms with Crippen molar-refractivity contribution in [2.45, 2.75) is 39.5 Å². The van der Waals surface area contributed by atoms with Crippen LogP contribution in [0.4, 0.5) is 0 Å². The number of aryl methyl sites for hydroxylation is 1. The summed E-state index contributed by atoms with van der Waals surface area (Å²) in [6.07, 6.45) is 0.396. The predicted octanol–water partition coefficient (Wildman–Crippen LogP) is 3.57. The van der Waals surface area contributed by atoms with E-state index in [1.807, 2.05) is 5.38 Å². The molecule has 0 saturated carbocycles. The van der Waals surface area contributed by atoms with E-state index in [-0.39, 0.29) is 17.8 Å². The number of thiophene rings is 1. The molecule has 136 valence electrons. The van der Waals surface area contributed by atoms with Crippen LogP contribution in [-0.4, -0.2) is 40.2 Å². The molecule has 0 spiro atoms. The van der Waals surface area contributed by atoms with Crippen molar-refractivity contribution < 1.29 is 4.74 Å². The molecule has 2 aromatic heterocycles. The topological polar surface area (TPSA) is 58.2 Å². The fraction of sp³-hybridized carbons (Fsp3) is 0.400. The number of aromatic amines is 1. The monoisotopic (exact) mass is 369 g/mol. The molecule has 1 fully saturated rings. The van der Waals surface area contributed by atoms with E-state index in [0.717, 1.165) is 34.9 Å². The van der Waals surface area contributed by atoms with Crippen LogP contribution in [0, 0.1) is 6.92 Å². The fourth-order valence-electron chi connectivity index (χ4n) is 3.64. The zero-order valence-corrected chi connectivity index (χ0v) is 16.1. The van der Waals surface area contributed by atoms with Crippen molar-refractivity contribution in [1.29, 1.82) is 0 Å². The summed E-state index contributed by atoms with van der Waals surface area (Å²) in [6, 6.07) is 8.24. The van der Waals surface area contributed by atoms with Gasteiger partial charge in [0, 0.05) is 24.0 Å². The van der Waals surface area contributed by atoms with E-state index < -0.39 is 0 Å². The Labute approximate surface area is 156 Å². The maximum Gasteiger partial charge on any atom is 0.260 e. The maximum absolute atomic E-state index is 12.8. The molecule has 3 heterocycles. The van der Waals surface area contributed by atoms with E-state index in [1.54, 1.807) is 0 Å². The van der Waals surface area contributed by atoms with Gasteiger partial charge >= 0.3 is 0 Å². The van der Waals surface area contributed by atoms with Crippen LogP contribution < -0.4 is 5.56 Å². The van der Waals surface area contributed by atoms with Crippen molar-refractivity contribution in [2.75, 3.05) is 13.1 Å². The zero-order valence-electron chi connectivity index (χ0n) is 15.3. The van der Waals surface area contributed by atoms with E-state index in [1.165, 1.54) is 16.9 Å². The van der Waals surface area contributed by atoms with Crippen molar-refractivity contribution in [2.24, 2.45) is 0 Å². The van der Waals surface area contributed by atoms with Crippen LogP contribution in [0.15, 0.2) is 34.4 Å². The highest BCUT2D eigenvalue weighted by atomic mass is 32.1. The van der Waals surface area contributed by atoms with Crippen LogP contribution in [-0.2, 0) is 11.3 Å². The van der Waals surface area contributed by atoms with E-state index in [2.05, 4.69) is 54.9 Å². The van der Waals surface area contributed by atoms with Crippen LogP contribution in [0.1, 0.15) is 25.2 Å². The molecule has 1 aliphatic heterocycles. The minimum Gasteiger partial charge on any atom is -0.373 e. The summed E-state index contributed by atoms with van der Waals surface area (Å²) >= 11 is 1.53. The van der Waals surface area contributed by atoms with Gasteiger partial charge in [0.2, 0.25) is 0 Å². The minimum atomic E-state index is -0.0591. The fourth-order valence-corrected chi connectivity index (χ4v) is 4.61. The maximum atomic E-state index is 12.8. The van der Waals surface area contributed by atoms with Crippen LogP contribution in [0.5, 0.6) is 0 Å². The lowest BCUT2D eigenvalue weighted by Crippen LogP contribution is -2.45. The smallest absolute Gasteiger partial charge is 0.260 e. The molecule has 0 aliphatic carbocycles. The largest absolute Gasteiger partial charge is 0.373 e. The summed E-state index contributed by atoms with van der Waals surface area (Å²) in [5.74, 6) is 0.723. The lowest BCUT2D eigenvalue weighted by atomic mass is 10.1. The Balaban J connectivity index is 1.66. The third-order valence-corrected chi connectivity index (χ3v) is 5.60. The molecule has 1 saturated heterocycles. The van der Waals surface area contributed by atoms with Crippen molar-refractivity contribution >= 4 is 21.6 Å². The molecule has 0 bridgehead atoms. The number of hydrogen-bond donors (Lipinski definition) is 1. The Kier molecular flexibility index (Phi) is 4.65. The van der Waals surface area contributed by atoms with Crippen molar-refractivity contribution in [1.82, 2.24) is 14.9 Å². The molecule has 4 rings (SSSR count). The summed E-state index contributed by atoms with van der Waals surface area (Å²) in [7, 11) is 0. The summed E-state index contributed by atoms with van der Waals surface area (Å²) < 4.78 is 5.78. The number of nitrogens with one attached hydrogen (secondary N) is 1. The lowest BCUT2D eigenvalue weighted by molar-refractivity contribution is -0.0710. The van der Waals surface area contributed by atoms with E-state index in [0.29, 0.717) is 11.9 Å². The molecule has 3 aromatic rings. The van der Waals surface area contributed by atoms with Gasteiger partial charge in [0.05, 0.1) is 24.1 Å². The number of ether oxygens (including phenoxy) is 1. The number of hydrogen-bond acceptors (Lipinski definition) is 5. The Morgan fingerprint density at radius 1 is 1.23 bits per heavy atom. The number of benzene rings is 1. The van der Waals surface area contributed by atoms with Crippen molar-refractivity contribution in [3.05, 3.63) is 51.4 Å². The Hall–Kier alpha value is -2.02. The van der Waals surface area contributed by atoms with Crippen LogP contribution in [0.3, 0.4) is 0 Å². The van der Waals surface area contributed by atoms with Gasteiger partial charge in [-0.15, -0.1) is 11.3 Å². The first-order chi connectivity index (χ1) is 12.5. The average molecular weight is 369 g/mol. The van der Waals surface area contributed by atoms with E-state index in [4.69, 9.17) is 9.72 Å². The number of nitrogens with zero attached hydrogens (tertiary/aromatic N) is 2. The molecule has 0 radical (unpaired) electrons. The highest BCUT2D eigenvalue weighted by molar-refractivity contribution is 7.17. The second kappa shape index (κ2) is 6.95. The molecule has 1 aliphatic rings. The van der Waals surface area contributed by atoms with Crippen molar-refractivity contribution in [3.63, 3.8) is 0 Å². The summed E-state index contributed by atoms with van der Waals surface area (Å²) in [5.41, 5.74) is 3.16. The third kappa shape index (κ3) is 3.45. The number of morpholine rings is 1. The highest BCUT2D eigenvalue weighted by Gasteiger charge is 2.23. The second-order valence-electron chi connectivity index (χ2n) is 7.16. The summed E-state index contributed by atoms with van der Waals surface area (Å²) in [5, 5.41) is 2.71. The molecule has 2 atom stereocenters. The quantitative estimate of drug-likeness (QED) is 0.767. The van der Waals surface area contributed by atoms with Gasteiger partial charge < -0.3 is 9.72 Å². The van der Waals surface area contributed by atoms with Gasteiger partial charge in [-0.1, -0.05) is 29.8 Å². The predicted molar refractivity (Wildman–Crippen MR) is 106 cm³/mol. The molecular formula is C20H23N3O2S. The second-order valence-corrected chi connectivity index (χ2v) is 8.02. The molecule has 26 heavy (non-hydrogen) atoms. The van der Waals surface area contributed by atoms with Gasteiger partial charge in [-0.2, -0.15) is 0 Å². The first kappa shape index (κ1) is 17.4.